The van der Waals surface area contributed by atoms with Gasteiger partial charge >= 0.3 is 0 Å². The van der Waals surface area contributed by atoms with Gasteiger partial charge in [0.25, 0.3) is 5.91 Å². The number of likely N-dealkylation sites (tertiary alicyclic amines) is 1. The van der Waals surface area contributed by atoms with Crippen LogP contribution in [-0.4, -0.2) is 37.0 Å². The van der Waals surface area contributed by atoms with Crippen molar-refractivity contribution in [2.75, 3.05) is 26.2 Å². The van der Waals surface area contributed by atoms with Crippen molar-refractivity contribution in [1.82, 2.24) is 10.2 Å². The van der Waals surface area contributed by atoms with E-state index in [0.717, 1.165) is 43.5 Å². The molecular weight excluding hydrogens is 311 g/mol. The Hall–Kier alpha value is -0.940. The van der Waals surface area contributed by atoms with Crippen molar-refractivity contribution in [2.24, 2.45) is 5.41 Å². The minimum atomic E-state index is -0.446. The molecule has 1 atom stereocenters. The largest absolute Gasteiger partial charge is 0.338 e. The van der Waals surface area contributed by atoms with E-state index in [9.17, 15) is 9.18 Å². The summed E-state index contributed by atoms with van der Waals surface area (Å²) < 4.78 is 14.5. The first-order valence-corrected chi connectivity index (χ1v) is 7.34. The molecule has 0 saturated carbocycles. The number of amides is 1. The highest BCUT2D eigenvalue weighted by Gasteiger charge is 2.42. The number of carbonyl (C=O) groups excluding carboxylic acids is 1. The van der Waals surface area contributed by atoms with Gasteiger partial charge in [-0.25, -0.2) is 4.39 Å². The first kappa shape index (κ1) is 13.1. The number of benzene rings is 1. The van der Waals surface area contributed by atoms with Gasteiger partial charge in [-0.05, 0) is 37.6 Å². The SMILES string of the molecule is O=C(c1cc(Br)ccc1F)N1CCC2(CCNC2)C1. The number of hydrogen-bond donors (Lipinski definition) is 1. The molecule has 3 nitrogen and oxygen atoms in total. The lowest BCUT2D eigenvalue weighted by Crippen LogP contribution is -2.33. The van der Waals surface area contributed by atoms with Gasteiger partial charge in [0, 0.05) is 29.5 Å². The average molecular weight is 327 g/mol. The zero-order chi connectivity index (χ0) is 13.5. The van der Waals surface area contributed by atoms with E-state index in [2.05, 4.69) is 21.2 Å². The van der Waals surface area contributed by atoms with Crippen LogP contribution in [0.3, 0.4) is 0 Å². The van der Waals surface area contributed by atoms with Crippen LogP contribution in [0.5, 0.6) is 0 Å². The van der Waals surface area contributed by atoms with Crippen molar-refractivity contribution in [3.63, 3.8) is 0 Å². The lowest BCUT2D eigenvalue weighted by molar-refractivity contribution is 0.0771. The highest BCUT2D eigenvalue weighted by Crippen LogP contribution is 2.36. The fourth-order valence-electron chi connectivity index (χ4n) is 3.08. The third kappa shape index (κ3) is 2.41. The second-order valence-electron chi connectivity index (χ2n) is 5.53. The van der Waals surface area contributed by atoms with Gasteiger partial charge in [-0.3, -0.25) is 4.79 Å². The molecule has 1 aromatic carbocycles. The van der Waals surface area contributed by atoms with Crippen molar-refractivity contribution < 1.29 is 9.18 Å². The Balaban J connectivity index is 1.79. The topological polar surface area (TPSA) is 32.3 Å². The fraction of sp³-hybridized carbons (Fsp3) is 0.500. The Bertz CT molecular complexity index is 514. The highest BCUT2D eigenvalue weighted by atomic mass is 79.9. The van der Waals surface area contributed by atoms with E-state index in [1.165, 1.54) is 6.07 Å². The van der Waals surface area contributed by atoms with E-state index < -0.39 is 5.82 Å². The first-order chi connectivity index (χ1) is 9.10. The van der Waals surface area contributed by atoms with Crippen LogP contribution in [-0.2, 0) is 0 Å². The summed E-state index contributed by atoms with van der Waals surface area (Å²) >= 11 is 3.29. The highest BCUT2D eigenvalue weighted by molar-refractivity contribution is 9.10. The first-order valence-electron chi connectivity index (χ1n) is 6.55. The molecule has 0 bridgehead atoms. The zero-order valence-electron chi connectivity index (χ0n) is 10.6. The van der Waals surface area contributed by atoms with Crippen LogP contribution in [0.4, 0.5) is 4.39 Å². The number of nitrogens with zero attached hydrogens (tertiary/aromatic N) is 1. The predicted octanol–water partition coefficient (Wildman–Crippen LogP) is 2.41. The lowest BCUT2D eigenvalue weighted by Gasteiger charge is -2.23. The second kappa shape index (κ2) is 4.87. The van der Waals surface area contributed by atoms with Gasteiger partial charge in [-0.15, -0.1) is 0 Å². The van der Waals surface area contributed by atoms with Gasteiger partial charge in [-0.2, -0.15) is 0 Å². The maximum atomic E-state index is 13.8. The molecule has 5 heteroatoms. The van der Waals surface area contributed by atoms with Gasteiger partial charge < -0.3 is 10.2 Å². The molecule has 0 aromatic heterocycles. The summed E-state index contributed by atoms with van der Waals surface area (Å²) in [5.74, 6) is -0.638. The van der Waals surface area contributed by atoms with E-state index in [0.29, 0.717) is 0 Å². The molecule has 1 aromatic rings. The molecule has 2 heterocycles. The number of halogens is 2. The monoisotopic (exact) mass is 326 g/mol. The molecule has 3 rings (SSSR count). The van der Waals surface area contributed by atoms with E-state index in [-0.39, 0.29) is 16.9 Å². The summed E-state index contributed by atoms with van der Waals surface area (Å²) in [6, 6.07) is 4.51. The molecule has 1 N–H and O–H groups in total. The quantitative estimate of drug-likeness (QED) is 0.859. The molecule has 1 spiro atoms. The zero-order valence-corrected chi connectivity index (χ0v) is 12.2. The van der Waals surface area contributed by atoms with Crippen LogP contribution in [0, 0.1) is 11.2 Å². The summed E-state index contributed by atoms with van der Waals surface area (Å²) in [4.78, 5) is 14.2. The Morgan fingerprint density at radius 2 is 2.26 bits per heavy atom. The van der Waals surface area contributed by atoms with E-state index in [1.54, 1.807) is 17.0 Å². The van der Waals surface area contributed by atoms with Crippen LogP contribution in [0.15, 0.2) is 22.7 Å². The Kier molecular flexibility index (Phi) is 3.35. The summed E-state index contributed by atoms with van der Waals surface area (Å²) in [5, 5.41) is 3.36. The molecule has 0 aliphatic carbocycles. The van der Waals surface area contributed by atoms with Crippen LogP contribution in [0.25, 0.3) is 0 Å². The average Bonchev–Trinajstić information content (AvgIpc) is 3.03. The summed E-state index contributed by atoms with van der Waals surface area (Å²) in [7, 11) is 0. The van der Waals surface area contributed by atoms with Gasteiger partial charge in [0.15, 0.2) is 0 Å². The molecule has 1 unspecified atom stereocenters. The van der Waals surface area contributed by atoms with E-state index >= 15 is 0 Å². The molecule has 2 saturated heterocycles. The van der Waals surface area contributed by atoms with Crippen LogP contribution >= 0.6 is 15.9 Å². The standard InChI is InChI=1S/C14H16BrFN2O/c15-10-1-2-12(16)11(7-10)13(19)18-6-4-14(9-18)3-5-17-8-14/h1-2,7,17H,3-6,8-9H2. The van der Waals surface area contributed by atoms with Crippen LogP contribution < -0.4 is 5.32 Å². The molecule has 19 heavy (non-hydrogen) atoms. The minimum absolute atomic E-state index is 0.164. The van der Waals surface area contributed by atoms with Crippen molar-refractivity contribution in [2.45, 2.75) is 12.8 Å². The number of carbonyl (C=O) groups is 1. The van der Waals surface area contributed by atoms with Crippen molar-refractivity contribution >= 4 is 21.8 Å². The number of nitrogens with one attached hydrogen (secondary N) is 1. The van der Waals surface area contributed by atoms with Gasteiger partial charge in [0.2, 0.25) is 0 Å². The molecule has 2 fully saturated rings. The molecular formula is C14H16BrFN2O. The van der Waals surface area contributed by atoms with Gasteiger partial charge in [0.05, 0.1) is 5.56 Å². The predicted molar refractivity (Wildman–Crippen MR) is 74.5 cm³/mol. The normalized spacial score (nSPS) is 26.3. The van der Waals surface area contributed by atoms with Crippen molar-refractivity contribution in [1.29, 1.82) is 0 Å². The van der Waals surface area contributed by atoms with Crippen molar-refractivity contribution in [3.05, 3.63) is 34.1 Å². The van der Waals surface area contributed by atoms with Crippen LogP contribution in [0.2, 0.25) is 0 Å². The lowest BCUT2D eigenvalue weighted by atomic mass is 9.86. The molecule has 102 valence electrons. The summed E-state index contributed by atoms with van der Waals surface area (Å²) in [5.41, 5.74) is 0.385. The van der Waals surface area contributed by atoms with Crippen molar-refractivity contribution in [3.8, 4) is 0 Å². The maximum Gasteiger partial charge on any atom is 0.256 e. The van der Waals surface area contributed by atoms with E-state index in [4.69, 9.17) is 0 Å². The summed E-state index contributed by atoms with van der Waals surface area (Å²) in [6.07, 6.45) is 2.12. The summed E-state index contributed by atoms with van der Waals surface area (Å²) in [6.45, 7) is 3.46. The number of rotatable bonds is 1. The molecule has 2 aliphatic rings. The second-order valence-corrected chi connectivity index (χ2v) is 6.44. The van der Waals surface area contributed by atoms with Gasteiger partial charge in [-0.1, -0.05) is 15.9 Å². The molecule has 1 amide bonds. The maximum absolute atomic E-state index is 13.8. The smallest absolute Gasteiger partial charge is 0.256 e. The third-order valence-corrected chi connectivity index (χ3v) is 4.71. The Morgan fingerprint density at radius 1 is 1.42 bits per heavy atom. The minimum Gasteiger partial charge on any atom is -0.338 e. The number of hydrogen-bond acceptors (Lipinski definition) is 2. The molecule has 2 aliphatic heterocycles. The Labute approximate surface area is 120 Å². The molecule has 0 radical (unpaired) electrons. The van der Waals surface area contributed by atoms with Gasteiger partial charge in [0.1, 0.15) is 5.82 Å². The Morgan fingerprint density at radius 3 is 3.00 bits per heavy atom. The van der Waals surface area contributed by atoms with E-state index in [1.807, 2.05) is 0 Å². The van der Waals surface area contributed by atoms with Crippen LogP contribution in [0.1, 0.15) is 23.2 Å². The third-order valence-electron chi connectivity index (χ3n) is 4.22. The fourth-order valence-corrected chi connectivity index (χ4v) is 3.45.